The molecule has 2 amide bonds. The minimum Gasteiger partial charge on any atom is -0.459 e. The summed E-state index contributed by atoms with van der Waals surface area (Å²) in [7, 11) is 0. The highest BCUT2D eigenvalue weighted by atomic mass is 16.6. The first-order chi connectivity index (χ1) is 15.2. The van der Waals surface area contributed by atoms with Crippen LogP contribution in [0.15, 0.2) is 53.1 Å². The summed E-state index contributed by atoms with van der Waals surface area (Å²) in [6.45, 7) is 8.74. The van der Waals surface area contributed by atoms with E-state index in [0.29, 0.717) is 18.8 Å². The number of hydrogen-bond acceptors (Lipinski definition) is 4. The van der Waals surface area contributed by atoms with Crippen molar-refractivity contribution in [2.75, 3.05) is 13.1 Å². The number of furan rings is 1. The van der Waals surface area contributed by atoms with Gasteiger partial charge in [0, 0.05) is 30.7 Å². The van der Waals surface area contributed by atoms with E-state index in [-0.39, 0.29) is 24.1 Å². The summed E-state index contributed by atoms with van der Waals surface area (Å²) < 4.78 is 13.4. The van der Waals surface area contributed by atoms with Crippen LogP contribution in [-0.2, 0) is 4.74 Å². The summed E-state index contributed by atoms with van der Waals surface area (Å²) >= 11 is 0. The van der Waals surface area contributed by atoms with Gasteiger partial charge >= 0.3 is 6.09 Å². The number of nitrogens with zero attached hydrogens (tertiary/aromatic N) is 2. The first-order valence-electron chi connectivity index (χ1n) is 11.2. The molecule has 3 heterocycles. The third-order valence-electron chi connectivity index (χ3n) is 5.74. The molecule has 0 aliphatic carbocycles. The maximum Gasteiger partial charge on any atom is 0.410 e. The van der Waals surface area contributed by atoms with E-state index in [1.54, 1.807) is 4.90 Å². The van der Waals surface area contributed by atoms with Crippen molar-refractivity contribution < 1.29 is 18.7 Å². The van der Waals surface area contributed by atoms with Gasteiger partial charge in [-0.2, -0.15) is 0 Å². The molecule has 4 rings (SSSR count). The molecule has 0 saturated carbocycles. The van der Waals surface area contributed by atoms with Gasteiger partial charge in [0.2, 0.25) is 0 Å². The van der Waals surface area contributed by atoms with Gasteiger partial charge in [-0.3, -0.25) is 4.79 Å². The van der Waals surface area contributed by atoms with E-state index in [2.05, 4.69) is 5.32 Å². The summed E-state index contributed by atoms with van der Waals surface area (Å²) in [5, 5.41) is 4.07. The molecule has 1 atom stereocenters. The molecule has 7 nitrogen and oxygen atoms in total. The number of para-hydroxylation sites is 1. The second-order valence-corrected chi connectivity index (χ2v) is 9.38. The van der Waals surface area contributed by atoms with Crippen LogP contribution in [0.2, 0.25) is 0 Å². The van der Waals surface area contributed by atoms with Crippen molar-refractivity contribution in [2.24, 2.45) is 0 Å². The average molecular weight is 438 g/mol. The Morgan fingerprint density at radius 3 is 2.53 bits per heavy atom. The summed E-state index contributed by atoms with van der Waals surface area (Å²) in [6.07, 6.45) is 3.20. The van der Waals surface area contributed by atoms with Crippen molar-refractivity contribution in [2.45, 2.75) is 58.2 Å². The van der Waals surface area contributed by atoms with E-state index in [9.17, 15) is 9.59 Å². The highest BCUT2D eigenvalue weighted by Gasteiger charge is 2.29. The fraction of sp³-hybridized carbons (Fsp3) is 0.440. The molecule has 1 aliphatic heterocycles. The molecule has 1 aliphatic rings. The topological polar surface area (TPSA) is 76.7 Å². The van der Waals surface area contributed by atoms with Crippen LogP contribution in [0.1, 0.15) is 68.9 Å². The number of ether oxygens (including phenoxy) is 1. The van der Waals surface area contributed by atoms with Crippen LogP contribution in [0.4, 0.5) is 4.79 Å². The smallest absolute Gasteiger partial charge is 0.410 e. The minimum absolute atomic E-state index is 0.141. The number of aromatic nitrogens is 1. The van der Waals surface area contributed by atoms with Crippen LogP contribution < -0.4 is 5.32 Å². The first-order valence-corrected chi connectivity index (χ1v) is 11.2. The standard InChI is InChI=1S/C25H31N3O4/c1-17(22-16-18-8-5-6-10-21(18)31-22)26-23(29)20-9-7-13-28(20)19-11-14-27(15-12-19)24(30)32-25(2,3)4/h5-10,13,16-17,19H,11-12,14-15H2,1-4H3,(H,26,29). The Kier molecular flexibility index (Phi) is 6.00. The molecule has 170 valence electrons. The van der Waals surface area contributed by atoms with Crippen molar-refractivity contribution in [3.63, 3.8) is 0 Å². The van der Waals surface area contributed by atoms with E-state index in [4.69, 9.17) is 9.15 Å². The Hall–Kier alpha value is -3.22. The van der Waals surface area contributed by atoms with Gasteiger partial charge in [-0.05, 0) is 64.8 Å². The number of rotatable bonds is 4. The van der Waals surface area contributed by atoms with Crippen LogP contribution in [-0.4, -0.2) is 40.2 Å². The van der Waals surface area contributed by atoms with Crippen LogP contribution in [0.5, 0.6) is 0 Å². The second kappa shape index (κ2) is 8.73. The lowest BCUT2D eigenvalue weighted by Crippen LogP contribution is -2.42. The molecule has 0 bridgehead atoms. The number of benzene rings is 1. The van der Waals surface area contributed by atoms with E-state index in [1.807, 2.05) is 80.9 Å². The monoisotopic (exact) mass is 437 g/mol. The molecule has 1 unspecified atom stereocenters. The predicted molar refractivity (Wildman–Crippen MR) is 123 cm³/mol. The molecule has 0 radical (unpaired) electrons. The quantitative estimate of drug-likeness (QED) is 0.601. The van der Waals surface area contributed by atoms with Crippen LogP contribution in [0.25, 0.3) is 11.0 Å². The van der Waals surface area contributed by atoms with Gasteiger partial charge in [0.05, 0.1) is 6.04 Å². The van der Waals surface area contributed by atoms with Crippen molar-refractivity contribution in [1.82, 2.24) is 14.8 Å². The normalized spacial score (nSPS) is 16.2. The SMILES string of the molecule is CC(NC(=O)c1cccn1C1CCN(C(=O)OC(C)(C)C)CC1)c1cc2ccccc2o1. The average Bonchev–Trinajstić information content (AvgIpc) is 3.40. The van der Waals surface area contributed by atoms with Gasteiger partial charge in [-0.1, -0.05) is 18.2 Å². The van der Waals surface area contributed by atoms with E-state index < -0.39 is 5.60 Å². The van der Waals surface area contributed by atoms with Gasteiger partial charge in [-0.15, -0.1) is 0 Å². The summed E-state index contributed by atoms with van der Waals surface area (Å²) in [5.41, 5.74) is 0.920. The van der Waals surface area contributed by atoms with Gasteiger partial charge in [0.25, 0.3) is 5.91 Å². The summed E-state index contributed by atoms with van der Waals surface area (Å²) in [4.78, 5) is 27.1. The van der Waals surface area contributed by atoms with Gasteiger partial charge in [0.15, 0.2) is 0 Å². The Bertz CT molecular complexity index is 1070. The Morgan fingerprint density at radius 2 is 1.84 bits per heavy atom. The molecule has 32 heavy (non-hydrogen) atoms. The highest BCUT2D eigenvalue weighted by molar-refractivity contribution is 5.93. The van der Waals surface area contributed by atoms with E-state index in [1.165, 1.54) is 0 Å². The molecule has 2 aromatic heterocycles. The highest BCUT2D eigenvalue weighted by Crippen LogP contribution is 2.27. The largest absolute Gasteiger partial charge is 0.459 e. The van der Waals surface area contributed by atoms with Crippen LogP contribution in [0.3, 0.4) is 0 Å². The first kappa shape index (κ1) is 22.0. The number of likely N-dealkylation sites (tertiary alicyclic amines) is 1. The van der Waals surface area contributed by atoms with Crippen LogP contribution >= 0.6 is 0 Å². The second-order valence-electron chi connectivity index (χ2n) is 9.38. The Labute approximate surface area is 188 Å². The molecular formula is C25H31N3O4. The van der Waals surface area contributed by atoms with E-state index >= 15 is 0 Å². The van der Waals surface area contributed by atoms with Gasteiger partial charge < -0.3 is 23.9 Å². The third-order valence-corrected chi connectivity index (χ3v) is 5.74. The lowest BCUT2D eigenvalue weighted by atomic mass is 10.0. The minimum atomic E-state index is -0.504. The number of carbonyl (C=O) groups excluding carboxylic acids is 2. The fourth-order valence-electron chi connectivity index (χ4n) is 4.12. The van der Waals surface area contributed by atoms with E-state index in [0.717, 1.165) is 29.6 Å². The number of fused-ring (bicyclic) bond motifs is 1. The number of nitrogens with one attached hydrogen (secondary N) is 1. The summed E-state index contributed by atoms with van der Waals surface area (Å²) in [5.74, 6) is 0.584. The van der Waals surface area contributed by atoms with Crippen molar-refractivity contribution in [3.8, 4) is 0 Å². The molecule has 1 fully saturated rings. The summed E-state index contributed by atoms with van der Waals surface area (Å²) in [6, 6.07) is 13.4. The zero-order chi connectivity index (χ0) is 22.9. The maximum atomic E-state index is 13.0. The molecule has 0 spiro atoms. The van der Waals surface area contributed by atoms with Gasteiger partial charge in [0.1, 0.15) is 22.6 Å². The van der Waals surface area contributed by atoms with Gasteiger partial charge in [-0.25, -0.2) is 4.79 Å². The van der Waals surface area contributed by atoms with Crippen molar-refractivity contribution in [3.05, 3.63) is 60.1 Å². The predicted octanol–water partition coefficient (Wildman–Crippen LogP) is 5.30. The number of piperidine rings is 1. The third kappa shape index (κ3) is 4.82. The lowest BCUT2D eigenvalue weighted by Gasteiger charge is -2.34. The maximum absolute atomic E-state index is 13.0. The molecule has 1 aromatic carbocycles. The zero-order valence-corrected chi connectivity index (χ0v) is 19.1. The lowest BCUT2D eigenvalue weighted by molar-refractivity contribution is 0.0187. The zero-order valence-electron chi connectivity index (χ0n) is 19.1. The van der Waals surface area contributed by atoms with Crippen molar-refractivity contribution in [1.29, 1.82) is 0 Å². The molecule has 7 heteroatoms. The number of carbonyl (C=O) groups is 2. The number of amides is 2. The van der Waals surface area contributed by atoms with Crippen LogP contribution in [0, 0.1) is 0 Å². The Balaban J connectivity index is 1.39. The molecule has 1 N–H and O–H groups in total. The molecule has 3 aromatic rings. The fourth-order valence-corrected chi connectivity index (χ4v) is 4.12. The van der Waals surface area contributed by atoms with Crippen molar-refractivity contribution >= 4 is 23.0 Å². The Morgan fingerprint density at radius 1 is 1.12 bits per heavy atom. The molecular weight excluding hydrogens is 406 g/mol. The number of hydrogen-bond donors (Lipinski definition) is 1. The molecule has 1 saturated heterocycles.